The highest BCUT2D eigenvalue weighted by atomic mass is 32.2. The Morgan fingerprint density at radius 2 is 1.83 bits per heavy atom. The van der Waals surface area contributed by atoms with E-state index in [0.29, 0.717) is 25.9 Å². The van der Waals surface area contributed by atoms with Crippen molar-refractivity contribution in [3.63, 3.8) is 0 Å². The van der Waals surface area contributed by atoms with E-state index in [1.807, 2.05) is 13.8 Å². The van der Waals surface area contributed by atoms with Gasteiger partial charge in [0.25, 0.3) is 10.2 Å². The number of ether oxygens (including phenoxy) is 1. The van der Waals surface area contributed by atoms with Crippen LogP contribution in [-0.4, -0.2) is 56.6 Å². The lowest BCUT2D eigenvalue weighted by atomic mass is 10.4. The van der Waals surface area contributed by atoms with Crippen LogP contribution in [0.1, 0.15) is 26.7 Å². The molecule has 0 aromatic rings. The third-order valence-corrected chi connectivity index (χ3v) is 3.87. The normalized spacial score (nSPS) is 13.8. The van der Waals surface area contributed by atoms with Gasteiger partial charge >= 0.3 is 5.97 Å². The SMILES string of the molecule is CCCN(CCC)S(=O)(=O)NCC(OC)C(=O)O. The van der Waals surface area contributed by atoms with Gasteiger partial charge in [-0.05, 0) is 12.8 Å². The van der Waals surface area contributed by atoms with Crippen molar-refractivity contribution in [2.75, 3.05) is 26.7 Å². The first-order valence-electron chi connectivity index (χ1n) is 5.89. The molecule has 0 amide bonds. The molecule has 0 saturated heterocycles. The number of nitrogens with zero attached hydrogens (tertiary/aromatic N) is 1. The lowest BCUT2D eigenvalue weighted by Crippen LogP contribution is -2.46. The number of carboxylic acids is 1. The zero-order valence-corrected chi connectivity index (χ0v) is 11.9. The zero-order chi connectivity index (χ0) is 14.2. The molecule has 0 fully saturated rings. The highest BCUT2D eigenvalue weighted by Gasteiger charge is 2.24. The number of nitrogens with one attached hydrogen (secondary N) is 1. The van der Waals surface area contributed by atoms with Gasteiger partial charge in [0, 0.05) is 26.7 Å². The summed E-state index contributed by atoms with van der Waals surface area (Å²) in [6.07, 6.45) is 0.228. The van der Waals surface area contributed by atoms with E-state index in [2.05, 4.69) is 9.46 Å². The molecule has 2 N–H and O–H groups in total. The number of carboxylic acid groups (broad SMARTS) is 1. The first-order valence-corrected chi connectivity index (χ1v) is 7.33. The summed E-state index contributed by atoms with van der Waals surface area (Å²) >= 11 is 0. The molecule has 0 aliphatic rings. The van der Waals surface area contributed by atoms with Crippen molar-refractivity contribution in [1.82, 2.24) is 9.03 Å². The molecule has 0 aromatic heterocycles. The molecular formula is C10H22N2O5S. The van der Waals surface area contributed by atoms with Crippen molar-refractivity contribution in [3.05, 3.63) is 0 Å². The van der Waals surface area contributed by atoms with Gasteiger partial charge < -0.3 is 9.84 Å². The molecule has 0 saturated carbocycles. The van der Waals surface area contributed by atoms with Crippen LogP contribution >= 0.6 is 0 Å². The first kappa shape index (κ1) is 17.3. The second kappa shape index (κ2) is 8.41. The Hall–Kier alpha value is -0.700. The van der Waals surface area contributed by atoms with Crippen molar-refractivity contribution in [2.24, 2.45) is 0 Å². The fourth-order valence-electron chi connectivity index (χ4n) is 1.39. The molecule has 0 rings (SSSR count). The third kappa shape index (κ3) is 5.76. The predicted molar refractivity (Wildman–Crippen MR) is 67.5 cm³/mol. The third-order valence-electron chi connectivity index (χ3n) is 2.30. The zero-order valence-electron chi connectivity index (χ0n) is 11.0. The summed E-state index contributed by atoms with van der Waals surface area (Å²) < 4.78 is 32.1. The van der Waals surface area contributed by atoms with Gasteiger partial charge in [-0.25, -0.2) is 4.79 Å². The molecule has 108 valence electrons. The molecule has 7 nitrogen and oxygen atoms in total. The van der Waals surface area contributed by atoms with Crippen LogP contribution in [0.15, 0.2) is 0 Å². The van der Waals surface area contributed by atoms with Crippen LogP contribution in [0.25, 0.3) is 0 Å². The number of hydrogen-bond acceptors (Lipinski definition) is 4. The highest BCUT2D eigenvalue weighted by Crippen LogP contribution is 2.02. The average Bonchev–Trinajstić information content (AvgIpc) is 2.29. The molecule has 0 spiro atoms. The first-order chi connectivity index (χ1) is 8.38. The number of aliphatic carboxylic acids is 1. The van der Waals surface area contributed by atoms with E-state index in [9.17, 15) is 13.2 Å². The van der Waals surface area contributed by atoms with Crippen molar-refractivity contribution in [2.45, 2.75) is 32.8 Å². The van der Waals surface area contributed by atoms with Crippen LogP contribution in [0.4, 0.5) is 0 Å². The Labute approximate surface area is 108 Å². The molecule has 0 heterocycles. The molecule has 0 aliphatic heterocycles. The topological polar surface area (TPSA) is 95.9 Å². The Morgan fingerprint density at radius 1 is 1.33 bits per heavy atom. The molecule has 0 radical (unpaired) electrons. The maximum Gasteiger partial charge on any atom is 0.334 e. The lowest BCUT2D eigenvalue weighted by Gasteiger charge is -2.22. The molecule has 0 aliphatic carbocycles. The largest absolute Gasteiger partial charge is 0.479 e. The van der Waals surface area contributed by atoms with Crippen LogP contribution in [0.3, 0.4) is 0 Å². The van der Waals surface area contributed by atoms with E-state index in [1.165, 1.54) is 11.4 Å². The van der Waals surface area contributed by atoms with Crippen LogP contribution in [-0.2, 0) is 19.7 Å². The summed E-state index contributed by atoms with van der Waals surface area (Å²) in [5, 5.41) is 8.74. The molecular weight excluding hydrogens is 260 g/mol. The van der Waals surface area contributed by atoms with E-state index in [0.717, 1.165) is 0 Å². The second-order valence-electron chi connectivity index (χ2n) is 3.82. The Balaban J connectivity index is 4.56. The Bertz CT molecular complexity index is 338. The van der Waals surface area contributed by atoms with Gasteiger partial charge in [0.05, 0.1) is 0 Å². The van der Waals surface area contributed by atoms with Gasteiger partial charge in [-0.15, -0.1) is 0 Å². The van der Waals surface area contributed by atoms with Crippen molar-refractivity contribution in [1.29, 1.82) is 0 Å². The van der Waals surface area contributed by atoms with Gasteiger partial charge in [0.15, 0.2) is 6.10 Å². The van der Waals surface area contributed by atoms with Gasteiger partial charge in [-0.1, -0.05) is 13.8 Å². The van der Waals surface area contributed by atoms with Crippen LogP contribution in [0, 0.1) is 0 Å². The Kier molecular flexibility index (Phi) is 8.08. The predicted octanol–water partition coefficient (Wildman–Crippen LogP) is 0.0424. The van der Waals surface area contributed by atoms with Gasteiger partial charge in [-0.2, -0.15) is 17.4 Å². The summed E-state index contributed by atoms with van der Waals surface area (Å²) in [6, 6.07) is 0. The monoisotopic (exact) mass is 282 g/mol. The molecule has 18 heavy (non-hydrogen) atoms. The van der Waals surface area contributed by atoms with Crippen LogP contribution < -0.4 is 4.72 Å². The summed E-state index contributed by atoms with van der Waals surface area (Å²) in [5.41, 5.74) is 0. The molecule has 1 unspecified atom stereocenters. The quantitative estimate of drug-likeness (QED) is 0.590. The smallest absolute Gasteiger partial charge is 0.334 e. The maximum atomic E-state index is 11.9. The molecule has 0 bridgehead atoms. The lowest BCUT2D eigenvalue weighted by molar-refractivity contribution is -0.147. The van der Waals surface area contributed by atoms with Crippen molar-refractivity contribution >= 4 is 16.2 Å². The minimum Gasteiger partial charge on any atom is -0.479 e. The number of hydrogen-bond donors (Lipinski definition) is 2. The molecule has 0 aromatic carbocycles. The standard InChI is InChI=1S/C10H22N2O5S/c1-4-6-12(7-5-2)18(15,16)11-8-9(17-3)10(13)14/h9,11H,4-8H2,1-3H3,(H,13,14). The van der Waals surface area contributed by atoms with Gasteiger partial charge in [-0.3, -0.25) is 0 Å². The minimum atomic E-state index is -3.65. The molecule has 8 heteroatoms. The highest BCUT2D eigenvalue weighted by molar-refractivity contribution is 7.87. The minimum absolute atomic E-state index is 0.280. The van der Waals surface area contributed by atoms with Crippen LogP contribution in [0.2, 0.25) is 0 Å². The average molecular weight is 282 g/mol. The van der Waals surface area contributed by atoms with Crippen LogP contribution in [0.5, 0.6) is 0 Å². The fourth-order valence-corrected chi connectivity index (χ4v) is 2.79. The second-order valence-corrected chi connectivity index (χ2v) is 5.57. The molecule has 1 atom stereocenters. The Morgan fingerprint density at radius 3 is 2.17 bits per heavy atom. The number of methoxy groups -OCH3 is 1. The summed E-state index contributed by atoms with van der Waals surface area (Å²) in [7, 11) is -2.42. The van der Waals surface area contributed by atoms with E-state index in [1.54, 1.807) is 0 Å². The maximum absolute atomic E-state index is 11.9. The van der Waals surface area contributed by atoms with E-state index in [4.69, 9.17) is 5.11 Å². The van der Waals surface area contributed by atoms with Crippen molar-refractivity contribution < 1.29 is 23.1 Å². The van der Waals surface area contributed by atoms with Gasteiger partial charge in [0.2, 0.25) is 0 Å². The van der Waals surface area contributed by atoms with Crippen molar-refractivity contribution in [3.8, 4) is 0 Å². The summed E-state index contributed by atoms with van der Waals surface area (Å²) in [6.45, 7) is 4.31. The number of rotatable bonds is 10. The number of carbonyl (C=O) groups is 1. The van der Waals surface area contributed by atoms with E-state index in [-0.39, 0.29) is 6.54 Å². The summed E-state index contributed by atoms with van der Waals surface area (Å²) in [4.78, 5) is 10.7. The summed E-state index contributed by atoms with van der Waals surface area (Å²) in [5.74, 6) is -1.20. The van der Waals surface area contributed by atoms with E-state index < -0.39 is 22.3 Å². The van der Waals surface area contributed by atoms with Gasteiger partial charge in [0.1, 0.15) is 0 Å². The van der Waals surface area contributed by atoms with E-state index >= 15 is 0 Å². The fraction of sp³-hybridized carbons (Fsp3) is 0.900.